The van der Waals surface area contributed by atoms with E-state index in [0.717, 1.165) is 12.0 Å². The monoisotopic (exact) mass is 304 g/mol. The molecule has 2 aliphatic rings. The molecule has 0 N–H and O–H groups in total. The molecule has 0 heterocycles. The van der Waals surface area contributed by atoms with Crippen molar-refractivity contribution in [3.8, 4) is 0 Å². The summed E-state index contributed by atoms with van der Waals surface area (Å²) in [4.78, 5) is 12.3. The van der Waals surface area contributed by atoms with E-state index >= 15 is 0 Å². The highest BCUT2D eigenvalue weighted by Crippen LogP contribution is 2.50. The molecule has 1 fully saturated rings. The van der Waals surface area contributed by atoms with Crippen LogP contribution in [0.2, 0.25) is 0 Å². The number of hydrogen-bond donors (Lipinski definition) is 0. The molecule has 0 aromatic carbocycles. The molecular weight excluding hydrogens is 285 g/mol. The quantitative estimate of drug-likeness (QED) is 0.747. The third kappa shape index (κ3) is 3.37. The van der Waals surface area contributed by atoms with Crippen LogP contribution in [0.25, 0.3) is 0 Å². The van der Waals surface area contributed by atoms with Crippen LogP contribution in [0.15, 0.2) is 23.8 Å². The lowest BCUT2D eigenvalue weighted by atomic mass is 9.70. The zero-order valence-electron chi connectivity index (χ0n) is 12.1. The number of rotatable bonds is 4. The van der Waals surface area contributed by atoms with Gasteiger partial charge in [-0.25, -0.2) is 0 Å². The molecule has 2 rings (SSSR count). The van der Waals surface area contributed by atoms with Crippen LogP contribution in [0.1, 0.15) is 26.2 Å². The Kier molecular flexibility index (Phi) is 4.58. The van der Waals surface area contributed by atoms with Gasteiger partial charge in [0, 0.05) is 13.0 Å². The number of carbonyl (C=O) groups excluding carboxylic acids is 1. The lowest BCUT2D eigenvalue weighted by Crippen LogP contribution is -2.42. The van der Waals surface area contributed by atoms with Crippen LogP contribution >= 0.6 is 0 Å². The highest BCUT2D eigenvalue weighted by molar-refractivity contribution is 5.98. The van der Waals surface area contributed by atoms with Crippen LogP contribution < -0.4 is 0 Å². The smallest absolute Gasteiger partial charge is 0.356 e. The Morgan fingerprint density at radius 2 is 2.14 bits per heavy atom. The van der Waals surface area contributed by atoms with Gasteiger partial charge in [0.2, 0.25) is 0 Å². The molecule has 1 spiro atoms. The summed E-state index contributed by atoms with van der Waals surface area (Å²) in [5.74, 6) is -0.467. The molecule has 0 aromatic heterocycles. The Morgan fingerprint density at radius 1 is 1.43 bits per heavy atom. The van der Waals surface area contributed by atoms with Gasteiger partial charge in [-0.05, 0) is 25.8 Å². The molecule has 0 aliphatic heterocycles. The first-order valence-corrected chi connectivity index (χ1v) is 6.91. The second kappa shape index (κ2) is 5.93. The first-order valence-electron chi connectivity index (χ1n) is 6.91. The van der Waals surface area contributed by atoms with Crippen LogP contribution in [0.5, 0.6) is 0 Å². The largest absolute Gasteiger partial charge is 0.411 e. The van der Waals surface area contributed by atoms with E-state index in [1.165, 1.54) is 13.2 Å². The van der Waals surface area contributed by atoms with Crippen molar-refractivity contribution < 1.29 is 27.4 Å². The summed E-state index contributed by atoms with van der Waals surface area (Å²) in [6.45, 7) is 0.503. The van der Waals surface area contributed by atoms with Gasteiger partial charge in [0.25, 0.3) is 0 Å². The van der Waals surface area contributed by atoms with Gasteiger partial charge in [-0.1, -0.05) is 24.1 Å². The van der Waals surface area contributed by atoms with Crippen LogP contribution in [-0.4, -0.2) is 32.0 Å². The summed E-state index contributed by atoms with van der Waals surface area (Å²) < 4.78 is 47.0. The van der Waals surface area contributed by atoms with Gasteiger partial charge in [-0.15, -0.1) is 0 Å². The highest BCUT2D eigenvalue weighted by Gasteiger charge is 2.51. The van der Waals surface area contributed by atoms with Crippen LogP contribution in [0.4, 0.5) is 13.2 Å². The van der Waals surface area contributed by atoms with Crippen molar-refractivity contribution in [3.05, 3.63) is 23.8 Å². The van der Waals surface area contributed by atoms with Gasteiger partial charge in [0.1, 0.15) is 6.61 Å². The number of allylic oxidation sites excluding steroid dienone is 4. The fourth-order valence-corrected chi connectivity index (χ4v) is 3.33. The molecule has 0 radical (unpaired) electrons. The molecule has 6 heteroatoms. The van der Waals surface area contributed by atoms with Crippen molar-refractivity contribution in [2.24, 2.45) is 11.3 Å². The minimum Gasteiger partial charge on any atom is -0.356 e. The van der Waals surface area contributed by atoms with E-state index in [2.05, 4.69) is 0 Å². The van der Waals surface area contributed by atoms with Crippen molar-refractivity contribution in [2.75, 3.05) is 13.7 Å². The molecule has 21 heavy (non-hydrogen) atoms. The average molecular weight is 304 g/mol. The van der Waals surface area contributed by atoms with Gasteiger partial charge in [0.15, 0.2) is 12.1 Å². The third-order valence-corrected chi connectivity index (χ3v) is 4.18. The van der Waals surface area contributed by atoms with Crippen molar-refractivity contribution in [1.29, 1.82) is 0 Å². The maximum absolute atomic E-state index is 12.3. The van der Waals surface area contributed by atoms with E-state index in [1.54, 1.807) is 6.08 Å². The molecule has 1 saturated carbocycles. The van der Waals surface area contributed by atoms with E-state index < -0.39 is 30.4 Å². The number of carbonyl (C=O) groups is 1. The maximum atomic E-state index is 12.3. The van der Waals surface area contributed by atoms with E-state index in [1.807, 2.05) is 13.0 Å². The second-order valence-electron chi connectivity index (χ2n) is 5.66. The predicted molar refractivity (Wildman–Crippen MR) is 70.5 cm³/mol. The predicted octanol–water partition coefficient (Wildman–Crippen LogP) is 3.41. The number of alkyl halides is 3. The summed E-state index contributed by atoms with van der Waals surface area (Å²) in [5, 5.41) is 0. The number of ether oxygens (including phenoxy) is 2. The summed E-state index contributed by atoms with van der Waals surface area (Å²) >= 11 is 0. The normalized spacial score (nSPS) is 30.8. The fourth-order valence-electron chi connectivity index (χ4n) is 3.33. The number of methoxy groups -OCH3 is 1. The minimum atomic E-state index is -4.41. The molecule has 3 nitrogen and oxygen atoms in total. The molecular formula is C15H19F3O3. The Morgan fingerprint density at radius 3 is 2.76 bits per heavy atom. The zero-order chi connectivity index (χ0) is 15.7. The Hall–Kier alpha value is -1.14. The molecule has 0 bridgehead atoms. The zero-order valence-corrected chi connectivity index (χ0v) is 12.1. The first-order chi connectivity index (χ1) is 9.78. The van der Waals surface area contributed by atoms with Gasteiger partial charge in [-0.2, -0.15) is 13.2 Å². The van der Waals surface area contributed by atoms with E-state index in [0.29, 0.717) is 12.8 Å². The Labute approximate surface area is 121 Å². The lowest BCUT2D eigenvalue weighted by Gasteiger charge is -2.36. The summed E-state index contributed by atoms with van der Waals surface area (Å²) in [7, 11) is 1.31. The van der Waals surface area contributed by atoms with Crippen molar-refractivity contribution >= 4 is 5.78 Å². The molecule has 0 amide bonds. The van der Waals surface area contributed by atoms with E-state index in [4.69, 9.17) is 9.47 Å². The summed E-state index contributed by atoms with van der Waals surface area (Å²) in [5.41, 5.74) is 0.151. The molecule has 2 aliphatic carbocycles. The van der Waals surface area contributed by atoms with Crippen LogP contribution in [0, 0.1) is 11.3 Å². The number of hydrogen-bond acceptors (Lipinski definition) is 3. The highest BCUT2D eigenvalue weighted by atomic mass is 19.4. The van der Waals surface area contributed by atoms with E-state index in [9.17, 15) is 18.0 Å². The van der Waals surface area contributed by atoms with Gasteiger partial charge >= 0.3 is 6.18 Å². The van der Waals surface area contributed by atoms with Gasteiger partial charge < -0.3 is 9.47 Å². The minimum absolute atomic E-state index is 0.0757. The fraction of sp³-hybridized carbons (Fsp3) is 0.667. The van der Waals surface area contributed by atoms with Gasteiger partial charge in [-0.3, -0.25) is 4.79 Å². The molecule has 0 aromatic rings. The van der Waals surface area contributed by atoms with Gasteiger partial charge in [0.05, 0.1) is 5.41 Å². The van der Waals surface area contributed by atoms with Crippen LogP contribution in [-0.2, 0) is 14.3 Å². The third-order valence-electron chi connectivity index (χ3n) is 4.18. The Bertz CT molecular complexity index is 467. The Balaban J connectivity index is 2.20. The van der Waals surface area contributed by atoms with Crippen molar-refractivity contribution in [1.82, 2.24) is 0 Å². The van der Waals surface area contributed by atoms with E-state index in [-0.39, 0.29) is 5.78 Å². The summed E-state index contributed by atoms with van der Waals surface area (Å²) in [6.07, 6.45) is 1.64. The van der Waals surface area contributed by atoms with Crippen molar-refractivity contribution in [3.63, 3.8) is 0 Å². The molecule has 0 saturated heterocycles. The lowest BCUT2D eigenvalue weighted by molar-refractivity contribution is -0.241. The topological polar surface area (TPSA) is 35.5 Å². The molecule has 118 valence electrons. The SMILES string of the molecule is COC(OCC(F)(F)F)C1CCCC12C=C(C)C=CC2=O. The maximum Gasteiger partial charge on any atom is 0.411 e. The molecule has 3 unspecified atom stereocenters. The first kappa shape index (κ1) is 16.2. The average Bonchev–Trinajstić information content (AvgIpc) is 2.79. The van der Waals surface area contributed by atoms with Crippen LogP contribution in [0.3, 0.4) is 0 Å². The summed E-state index contributed by atoms with van der Waals surface area (Å²) in [6, 6.07) is 0. The second-order valence-corrected chi connectivity index (χ2v) is 5.66. The molecule has 3 atom stereocenters. The number of halogens is 3. The standard InChI is InChI=1S/C15H19F3O3/c1-10-5-6-12(19)14(8-10)7-3-4-11(14)13(20-2)21-9-15(16,17)18/h5-6,8,11,13H,3-4,7,9H2,1-2H3. The number of ketones is 1. The van der Waals surface area contributed by atoms with Crippen molar-refractivity contribution in [2.45, 2.75) is 38.7 Å².